The van der Waals surface area contributed by atoms with Gasteiger partial charge in [0.15, 0.2) is 0 Å². The number of nitro benzene ring substituents is 1. The summed E-state index contributed by atoms with van der Waals surface area (Å²) in [5, 5.41) is 13.2. The van der Waals surface area contributed by atoms with E-state index in [9.17, 15) is 23.3 Å². The Morgan fingerprint density at radius 1 is 1.50 bits per heavy atom. The number of sulfone groups is 1. The van der Waals surface area contributed by atoms with Crippen LogP contribution in [0.2, 0.25) is 0 Å². The normalized spacial score (nSPS) is 12.7. The second-order valence-corrected chi connectivity index (χ2v) is 6.68. The van der Waals surface area contributed by atoms with E-state index < -0.39 is 26.7 Å². The molecule has 8 nitrogen and oxygen atoms in total. The van der Waals surface area contributed by atoms with Crippen molar-refractivity contribution >= 4 is 27.1 Å². The molecule has 1 aromatic rings. The molecule has 0 aromatic heterocycles. The number of nitrogens with one attached hydrogen (secondary N) is 1. The molecule has 20 heavy (non-hydrogen) atoms. The molecule has 0 saturated heterocycles. The number of carbonyl (C=O) groups is 1. The third-order valence-corrected chi connectivity index (χ3v) is 3.53. The Bertz CT molecular complexity index is 641. The summed E-state index contributed by atoms with van der Waals surface area (Å²) in [6.07, 6.45) is 1.06. The van der Waals surface area contributed by atoms with Gasteiger partial charge in [-0.05, 0) is 19.1 Å². The van der Waals surface area contributed by atoms with Crippen LogP contribution in [-0.4, -0.2) is 37.3 Å². The van der Waals surface area contributed by atoms with Gasteiger partial charge in [0, 0.05) is 23.9 Å². The van der Waals surface area contributed by atoms with Crippen LogP contribution in [0.15, 0.2) is 18.2 Å². The van der Waals surface area contributed by atoms with Gasteiger partial charge >= 0.3 is 0 Å². The van der Waals surface area contributed by atoms with Crippen LogP contribution in [0.3, 0.4) is 0 Å². The summed E-state index contributed by atoms with van der Waals surface area (Å²) in [6.45, 7) is 1.53. The van der Waals surface area contributed by atoms with E-state index in [-0.39, 0.29) is 22.7 Å². The Morgan fingerprint density at radius 2 is 2.10 bits per heavy atom. The number of amides is 1. The van der Waals surface area contributed by atoms with Gasteiger partial charge in [0.25, 0.3) is 11.6 Å². The second-order valence-electron chi connectivity index (χ2n) is 4.50. The van der Waals surface area contributed by atoms with Crippen molar-refractivity contribution in [1.29, 1.82) is 0 Å². The van der Waals surface area contributed by atoms with E-state index in [0.29, 0.717) is 0 Å². The van der Waals surface area contributed by atoms with E-state index >= 15 is 0 Å². The number of hydrogen-bond donors (Lipinski definition) is 2. The number of carbonyl (C=O) groups excluding carboxylic acids is 1. The smallest absolute Gasteiger partial charge is 0.292 e. The van der Waals surface area contributed by atoms with Crippen molar-refractivity contribution in [3.63, 3.8) is 0 Å². The lowest BCUT2D eigenvalue weighted by molar-refractivity contribution is -0.383. The Labute approximate surface area is 116 Å². The average molecular weight is 301 g/mol. The minimum atomic E-state index is -3.22. The molecule has 0 fully saturated rings. The minimum Gasteiger partial charge on any atom is -0.393 e. The zero-order valence-corrected chi connectivity index (χ0v) is 11.8. The van der Waals surface area contributed by atoms with Gasteiger partial charge < -0.3 is 11.1 Å². The molecular formula is C11H15N3O5S. The highest BCUT2D eigenvalue weighted by Crippen LogP contribution is 2.22. The van der Waals surface area contributed by atoms with Crippen LogP contribution in [0.1, 0.15) is 17.3 Å². The molecule has 0 heterocycles. The predicted molar refractivity (Wildman–Crippen MR) is 74.1 cm³/mol. The number of nitrogen functional groups attached to an aromatic ring is 1. The fourth-order valence-electron chi connectivity index (χ4n) is 1.65. The first kappa shape index (κ1) is 15.9. The van der Waals surface area contributed by atoms with Gasteiger partial charge in [-0.3, -0.25) is 14.9 Å². The van der Waals surface area contributed by atoms with E-state index in [1.807, 2.05) is 0 Å². The fourth-order valence-corrected chi connectivity index (χ4v) is 2.64. The van der Waals surface area contributed by atoms with Crippen LogP contribution in [0.25, 0.3) is 0 Å². The molecule has 0 aliphatic heterocycles. The van der Waals surface area contributed by atoms with Crippen molar-refractivity contribution in [2.24, 2.45) is 0 Å². The van der Waals surface area contributed by atoms with Crippen LogP contribution in [0.4, 0.5) is 11.4 Å². The molecule has 1 aromatic carbocycles. The number of nitro groups is 1. The molecule has 0 spiro atoms. The van der Waals surface area contributed by atoms with Gasteiger partial charge in [0.05, 0.1) is 10.7 Å². The molecule has 0 bridgehead atoms. The van der Waals surface area contributed by atoms with Gasteiger partial charge in [-0.15, -0.1) is 0 Å². The van der Waals surface area contributed by atoms with Gasteiger partial charge in [0.1, 0.15) is 15.5 Å². The zero-order valence-electron chi connectivity index (χ0n) is 11.0. The van der Waals surface area contributed by atoms with Gasteiger partial charge in [0.2, 0.25) is 0 Å². The zero-order chi connectivity index (χ0) is 15.5. The quantitative estimate of drug-likeness (QED) is 0.458. The molecule has 1 unspecified atom stereocenters. The third kappa shape index (κ3) is 4.50. The van der Waals surface area contributed by atoms with E-state index in [4.69, 9.17) is 5.73 Å². The van der Waals surface area contributed by atoms with Crippen LogP contribution in [0, 0.1) is 10.1 Å². The topological polar surface area (TPSA) is 132 Å². The van der Waals surface area contributed by atoms with Crippen molar-refractivity contribution in [1.82, 2.24) is 5.32 Å². The standard InChI is InChI=1S/C11H15N3O5S/c1-7(6-20(2,18)19)13-11(15)8-3-4-9(12)10(5-8)14(16)17/h3-5,7H,6,12H2,1-2H3,(H,13,15). The maximum Gasteiger partial charge on any atom is 0.292 e. The first-order valence-electron chi connectivity index (χ1n) is 5.62. The molecule has 0 radical (unpaired) electrons. The van der Waals surface area contributed by atoms with Crippen molar-refractivity contribution in [3.05, 3.63) is 33.9 Å². The van der Waals surface area contributed by atoms with Gasteiger partial charge in [-0.1, -0.05) is 0 Å². The number of benzene rings is 1. The SMILES string of the molecule is CC(CS(C)(=O)=O)NC(=O)c1ccc(N)c([N+](=O)[O-])c1. The Morgan fingerprint density at radius 3 is 2.60 bits per heavy atom. The average Bonchev–Trinajstić information content (AvgIpc) is 2.26. The van der Waals surface area contributed by atoms with Crippen LogP contribution in [-0.2, 0) is 9.84 Å². The van der Waals surface area contributed by atoms with Crippen molar-refractivity contribution in [2.75, 3.05) is 17.7 Å². The number of anilines is 1. The summed E-state index contributed by atoms with van der Waals surface area (Å²) < 4.78 is 22.2. The van der Waals surface area contributed by atoms with Gasteiger partial charge in [-0.25, -0.2) is 8.42 Å². The molecule has 0 saturated carbocycles. The highest BCUT2D eigenvalue weighted by Gasteiger charge is 2.18. The molecule has 110 valence electrons. The largest absolute Gasteiger partial charge is 0.393 e. The van der Waals surface area contributed by atoms with Gasteiger partial charge in [-0.2, -0.15) is 0 Å². The molecular weight excluding hydrogens is 286 g/mol. The minimum absolute atomic E-state index is 0.0456. The molecule has 1 amide bonds. The molecule has 3 N–H and O–H groups in total. The summed E-state index contributed by atoms with van der Waals surface area (Å²) in [4.78, 5) is 21.9. The summed E-state index contributed by atoms with van der Waals surface area (Å²) in [7, 11) is -3.22. The maximum absolute atomic E-state index is 11.9. The second kappa shape index (κ2) is 5.87. The first-order chi connectivity index (χ1) is 9.10. The van der Waals surface area contributed by atoms with E-state index in [1.54, 1.807) is 0 Å². The number of rotatable bonds is 5. The lowest BCUT2D eigenvalue weighted by Gasteiger charge is -2.12. The summed E-state index contributed by atoms with van der Waals surface area (Å²) in [5.74, 6) is -0.806. The highest BCUT2D eigenvalue weighted by atomic mass is 32.2. The predicted octanol–water partition coefficient (Wildman–Crippen LogP) is 0.340. The number of nitrogens with two attached hydrogens (primary N) is 1. The number of nitrogens with zero attached hydrogens (tertiary/aromatic N) is 1. The first-order valence-corrected chi connectivity index (χ1v) is 7.68. The van der Waals surface area contributed by atoms with Crippen LogP contribution >= 0.6 is 0 Å². The van der Waals surface area contributed by atoms with Crippen molar-refractivity contribution < 1.29 is 18.1 Å². The lowest BCUT2D eigenvalue weighted by Crippen LogP contribution is -2.37. The van der Waals surface area contributed by atoms with Crippen molar-refractivity contribution in [2.45, 2.75) is 13.0 Å². The van der Waals surface area contributed by atoms with E-state index in [2.05, 4.69) is 5.32 Å². The summed E-state index contributed by atoms with van der Waals surface area (Å²) in [5.41, 5.74) is 5.06. The number of hydrogen-bond acceptors (Lipinski definition) is 6. The lowest BCUT2D eigenvalue weighted by atomic mass is 10.1. The Kier molecular flexibility index (Phi) is 4.66. The summed E-state index contributed by atoms with van der Waals surface area (Å²) >= 11 is 0. The van der Waals surface area contributed by atoms with E-state index in [0.717, 1.165) is 12.3 Å². The molecule has 1 rings (SSSR count). The Hall–Kier alpha value is -2.16. The Balaban J connectivity index is 2.88. The molecule has 0 aliphatic rings. The fraction of sp³-hybridized carbons (Fsp3) is 0.364. The molecule has 9 heteroatoms. The van der Waals surface area contributed by atoms with Crippen molar-refractivity contribution in [3.8, 4) is 0 Å². The monoisotopic (exact) mass is 301 g/mol. The molecule has 1 atom stereocenters. The summed E-state index contributed by atoms with van der Waals surface area (Å²) in [6, 6.07) is 3.05. The van der Waals surface area contributed by atoms with Crippen LogP contribution < -0.4 is 11.1 Å². The third-order valence-electron chi connectivity index (χ3n) is 2.42. The van der Waals surface area contributed by atoms with E-state index in [1.165, 1.54) is 19.1 Å². The van der Waals surface area contributed by atoms with Crippen LogP contribution in [0.5, 0.6) is 0 Å². The highest BCUT2D eigenvalue weighted by molar-refractivity contribution is 7.90. The molecule has 0 aliphatic carbocycles. The maximum atomic E-state index is 11.9.